The highest BCUT2D eigenvalue weighted by Gasteiger charge is 2.02. The van der Waals surface area contributed by atoms with Gasteiger partial charge in [-0.15, -0.1) is 11.3 Å². The molecular weight excluding hydrogens is 236 g/mol. The van der Waals surface area contributed by atoms with Crippen LogP contribution in [0.25, 0.3) is 0 Å². The molecule has 0 aliphatic rings. The molecule has 0 fully saturated rings. The van der Waals surface area contributed by atoms with E-state index in [0.29, 0.717) is 0 Å². The largest absolute Gasteiger partial charge is 0.354 e. The van der Waals surface area contributed by atoms with Gasteiger partial charge in [-0.05, 0) is 12.8 Å². The first-order valence-corrected chi connectivity index (χ1v) is 5.86. The summed E-state index contributed by atoms with van der Waals surface area (Å²) in [6, 6.07) is 0. The third-order valence-electron chi connectivity index (χ3n) is 1.48. The van der Waals surface area contributed by atoms with E-state index in [4.69, 9.17) is 0 Å². The van der Waals surface area contributed by atoms with Crippen molar-refractivity contribution in [1.29, 1.82) is 0 Å². The summed E-state index contributed by atoms with van der Waals surface area (Å²) in [7, 11) is 4.04. The molecule has 2 nitrogen and oxygen atoms in total. The number of rotatable bonds is 4. The highest BCUT2D eigenvalue weighted by Crippen LogP contribution is 2.21. The van der Waals surface area contributed by atoms with Gasteiger partial charge in [-0.3, -0.25) is 0 Å². The van der Waals surface area contributed by atoms with Crippen LogP contribution in [0.1, 0.15) is 11.3 Å². The third-order valence-corrected chi connectivity index (χ3v) is 3.27. The van der Waals surface area contributed by atoms with Gasteiger partial charge in [-0.2, -0.15) is 0 Å². The second kappa shape index (κ2) is 4.82. The molecule has 0 spiro atoms. The van der Waals surface area contributed by atoms with E-state index >= 15 is 0 Å². The Morgan fingerprint density at radius 1 is 1.58 bits per heavy atom. The molecule has 0 saturated carbocycles. The van der Waals surface area contributed by atoms with Crippen molar-refractivity contribution in [3.63, 3.8) is 0 Å². The predicted octanol–water partition coefficient (Wildman–Crippen LogP) is 2.54. The van der Waals surface area contributed by atoms with Crippen LogP contribution < -0.4 is 4.90 Å². The van der Waals surface area contributed by atoms with E-state index in [1.165, 1.54) is 11.3 Å². The topological polar surface area (TPSA) is 16.1 Å². The van der Waals surface area contributed by atoms with E-state index in [-0.39, 0.29) is 0 Å². The van der Waals surface area contributed by atoms with E-state index in [1.807, 2.05) is 25.2 Å². The molecule has 1 rings (SSSR count). The molecule has 1 aromatic rings. The van der Waals surface area contributed by atoms with Gasteiger partial charge in [0.2, 0.25) is 0 Å². The molecule has 0 saturated heterocycles. The first kappa shape index (κ1) is 9.99. The predicted molar refractivity (Wildman–Crippen MR) is 58.6 cm³/mol. The maximum atomic E-state index is 4.30. The first-order valence-electron chi connectivity index (χ1n) is 3.92. The third kappa shape index (κ3) is 2.75. The number of nitrogens with zero attached hydrogens (tertiary/aromatic N) is 2. The van der Waals surface area contributed by atoms with Gasteiger partial charge in [0.1, 0.15) is 0 Å². The minimum atomic E-state index is 1.07. The van der Waals surface area contributed by atoms with Crippen LogP contribution in [0.5, 0.6) is 0 Å². The molecule has 1 aromatic heterocycles. The molecule has 0 aliphatic carbocycles. The minimum absolute atomic E-state index is 1.07. The van der Waals surface area contributed by atoms with Crippen LogP contribution in [0.4, 0.5) is 5.13 Å². The number of aryl methyl sites for hydroxylation is 1. The Labute approximate surface area is 85.7 Å². The summed E-state index contributed by atoms with van der Waals surface area (Å²) in [5.41, 5.74) is 0. The van der Waals surface area contributed by atoms with E-state index in [2.05, 4.69) is 20.9 Å². The highest BCUT2D eigenvalue weighted by atomic mass is 79.9. The van der Waals surface area contributed by atoms with E-state index in [1.54, 1.807) is 11.3 Å². The molecule has 68 valence electrons. The molecule has 12 heavy (non-hydrogen) atoms. The molecular formula is C8H13BrN2S. The highest BCUT2D eigenvalue weighted by molar-refractivity contribution is 9.09. The molecule has 1 heterocycles. The fourth-order valence-corrected chi connectivity index (χ4v) is 2.02. The van der Waals surface area contributed by atoms with Crippen molar-refractivity contribution in [1.82, 2.24) is 4.98 Å². The number of hydrogen-bond donors (Lipinski definition) is 0. The van der Waals surface area contributed by atoms with Crippen LogP contribution in [-0.4, -0.2) is 24.4 Å². The fourth-order valence-electron chi connectivity index (χ4n) is 0.861. The zero-order valence-corrected chi connectivity index (χ0v) is 9.78. The second-order valence-corrected chi connectivity index (χ2v) is 4.68. The van der Waals surface area contributed by atoms with Gasteiger partial charge in [-0.25, -0.2) is 4.98 Å². The number of aromatic nitrogens is 1. The average Bonchev–Trinajstić information content (AvgIpc) is 2.48. The van der Waals surface area contributed by atoms with E-state index in [0.717, 1.165) is 16.9 Å². The van der Waals surface area contributed by atoms with Gasteiger partial charge >= 0.3 is 0 Å². The van der Waals surface area contributed by atoms with Crippen LogP contribution >= 0.6 is 27.3 Å². The summed E-state index contributed by atoms with van der Waals surface area (Å²) < 4.78 is 0. The Balaban J connectivity index is 2.52. The van der Waals surface area contributed by atoms with Gasteiger partial charge in [-0.1, -0.05) is 15.9 Å². The SMILES string of the molecule is CN(C)c1ncc(CCCBr)s1. The molecule has 0 unspecified atom stereocenters. The van der Waals surface area contributed by atoms with Crippen molar-refractivity contribution in [2.24, 2.45) is 0 Å². The van der Waals surface area contributed by atoms with Gasteiger partial charge in [0.15, 0.2) is 5.13 Å². The standard InChI is InChI=1S/C8H13BrN2S/c1-11(2)8-10-6-7(12-8)4-3-5-9/h6H,3-5H2,1-2H3. The Morgan fingerprint density at radius 3 is 2.83 bits per heavy atom. The van der Waals surface area contributed by atoms with Gasteiger partial charge in [0.25, 0.3) is 0 Å². The Hall–Kier alpha value is -0.0900. The number of anilines is 1. The average molecular weight is 249 g/mol. The maximum Gasteiger partial charge on any atom is 0.184 e. The summed E-state index contributed by atoms with van der Waals surface area (Å²) in [6.45, 7) is 0. The number of thiazole rings is 1. The van der Waals surface area contributed by atoms with Crippen molar-refractivity contribution >= 4 is 32.4 Å². The van der Waals surface area contributed by atoms with Gasteiger partial charge < -0.3 is 4.90 Å². The van der Waals surface area contributed by atoms with Crippen LogP contribution in [0.3, 0.4) is 0 Å². The van der Waals surface area contributed by atoms with Crippen LogP contribution in [0.2, 0.25) is 0 Å². The lowest BCUT2D eigenvalue weighted by Crippen LogP contribution is -2.07. The summed E-state index contributed by atoms with van der Waals surface area (Å²) in [5.74, 6) is 0. The van der Waals surface area contributed by atoms with Crippen LogP contribution in [-0.2, 0) is 6.42 Å². The van der Waals surface area contributed by atoms with Crippen LogP contribution in [0, 0.1) is 0 Å². The molecule has 0 aromatic carbocycles. The number of hydrogen-bond acceptors (Lipinski definition) is 3. The lowest BCUT2D eigenvalue weighted by Gasteiger charge is -2.04. The fraction of sp³-hybridized carbons (Fsp3) is 0.625. The second-order valence-electron chi connectivity index (χ2n) is 2.80. The lowest BCUT2D eigenvalue weighted by atomic mass is 10.3. The van der Waals surface area contributed by atoms with Crippen molar-refractivity contribution in [2.45, 2.75) is 12.8 Å². The molecule has 0 bridgehead atoms. The van der Waals surface area contributed by atoms with Crippen LogP contribution in [0.15, 0.2) is 6.20 Å². The summed E-state index contributed by atoms with van der Waals surface area (Å²) in [6.07, 6.45) is 4.30. The quantitative estimate of drug-likeness (QED) is 0.762. The smallest absolute Gasteiger partial charge is 0.184 e. The van der Waals surface area contributed by atoms with E-state index in [9.17, 15) is 0 Å². The summed E-state index contributed by atoms with van der Waals surface area (Å²) in [4.78, 5) is 7.71. The molecule has 4 heteroatoms. The number of alkyl halides is 1. The van der Waals surface area contributed by atoms with Crippen molar-refractivity contribution in [2.75, 3.05) is 24.3 Å². The zero-order valence-electron chi connectivity index (χ0n) is 7.38. The van der Waals surface area contributed by atoms with Gasteiger partial charge in [0.05, 0.1) is 0 Å². The molecule has 0 aliphatic heterocycles. The zero-order chi connectivity index (χ0) is 8.97. The van der Waals surface area contributed by atoms with Crippen molar-refractivity contribution in [3.05, 3.63) is 11.1 Å². The Morgan fingerprint density at radius 2 is 2.33 bits per heavy atom. The molecule has 0 atom stereocenters. The monoisotopic (exact) mass is 248 g/mol. The molecule has 0 amide bonds. The van der Waals surface area contributed by atoms with Crippen molar-refractivity contribution in [3.8, 4) is 0 Å². The normalized spacial score (nSPS) is 10.2. The summed E-state index contributed by atoms with van der Waals surface area (Å²) >= 11 is 5.19. The summed E-state index contributed by atoms with van der Waals surface area (Å²) in [5, 5.41) is 2.17. The van der Waals surface area contributed by atoms with Gasteiger partial charge in [0, 0.05) is 30.5 Å². The molecule has 0 N–H and O–H groups in total. The lowest BCUT2D eigenvalue weighted by molar-refractivity contribution is 0.954. The minimum Gasteiger partial charge on any atom is -0.354 e. The number of halogens is 1. The first-order chi connectivity index (χ1) is 5.74. The maximum absolute atomic E-state index is 4.30. The molecule has 0 radical (unpaired) electrons. The van der Waals surface area contributed by atoms with Crippen molar-refractivity contribution < 1.29 is 0 Å². The Bertz CT molecular complexity index is 235. The Kier molecular flexibility index (Phi) is 4.01. The van der Waals surface area contributed by atoms with E-state index < -0.39 is 0 Å².